The molecule has 2 aromatic carbocycles. The summed E-state index contributed by atoms with van der Waals surface area (Å²) in [5.74, 6) is 0.750. The second-order valence-corrected chi connectivity index (χ2v) is 6.52. The summed E-state index contributed by atoms with van der Waals surface area (Å²) in [5, 5.41) is 13.0. The minimum atomic E-state index is 0.196. The van der Waals surface area contributed by atoms with Crippen molar-refractivity contribution in [2.45, 2.75) is 0 Å². The molecule has 1 saturated heterocycles. The van der Waals surface area contributed by atoms with Crippen LogP contribution >= 0.6 is 12.2 Å². The Morgan fingerprint density at radius 2 is 1.58 bits per heavy atom. The Kier molecular flexibility index (Phi) is 6.71. The number of hydrogen-bond donors (Lipinski definition) is 2. The highest BCUT2D eigenvalue weighted by Crippen LogP contribution is 2.11. The Labute approximate surface area is 160 Å². The van der Waals surface area contributed by atoms with E-state index >= 15 is 0 Å². The van der Waals surface area contributed by atoms with Gasteiger partial charge in [-0.05, 0) is 24.4 Å². The summed E-state index contributed by atoms with van der Waals surface area (Å²) in [4.78, 5) is 9.09. The lowest BCUT2D eigenvalue weighted by molar-refractivity contribution is 0.148. The fraction of sp³-hybridized carbons (Fsp3) is 0.300. The van der Waals surface area contributed by atoms with Gasteiger partial charge in [0, 0.05) is 44.0 Å². The van der Waals surface area contributed by atoms with E-state index < -0.39 is 0 Å². The van der Waals surface area contributed by atoms with Gasteiger partial charge in [0.05, 0.1) is 6.61 Å². The van der Waals surface area contributed by atoms with Crippen LogP contribution in [-0.4, -0.2) is 65.2 Å². The first-order valence-corrected chi connectivity index (χ1v) is 9.25. The van der Waals surface area contributed by atoms with E-state index in [1.807, 2.05) is 60.7 Å². The van der Waals surface area contributed by atoms with Crippen LogP contribution in [0.4, 0.5) is 5.69 Å². The predicted octanol–water partition coefficient (Wildman–Crippen LogP) is 2.44. The van der Waals surface area contributed by atoms with Gasteiger partial charge in [-0.15, -0.1) is 0 Å². The zero-order valence-electron chi connectivity index (χ0n) is 14.7. The number of thiocarbonyl (C=S) groups is 1. The largest absolute Gasteiger partial charge is 0.395 e. The molecule has 1 aliphatic heterocycles. The topological polar surface area (TPSA) is 51.1 Å². The van der Waals surface area contributed by atoms with Gasteiger partial charge in [0.15, 0.2) is 5.11 Å². The Morgan fingerprint density at radius 1 is 0.962 bits per heavy atom. The van der Waals surface area contributed by atoms with Crippen LogP contribution in [0.25, 0.3) is 0 Å². The van der Waals surface area contributed by atoms with Crippen LogP contribution in [0.15, 0.2) is 65.7 Å². The molecule has 0 spiro atoms. The van der Waals surface area contributed by atoms with E-state index in [1.165, 1.54) is 0 Å². The standard InChI is InChI=1S/C20H24N4OS/c25-16-15-23-11-13-24(14-12-23)20(26)22-19(17-7-3-1-4-8-17)21-18-9-5-2-6-10-18/h1-10,25H,11-16H2,(H,21,22,26). The zero-order chi connectivity index (χ0) is 18.2. The molecule has 26 heavy (non-hydrogen) atoms. The van der Waals surface area contributed by atoms with Gasteiger partial charge in [0.25, 0.3) is 0 Å². The molecule has 0 aromatic heterocycles. The van der Waals surface area contributed by atoms with E-state index in [0.29, 0.717) is 11.7 Å². The number of amidine groups is 1. The number of β-amino-alcohol motifs (C(OH)–C–C–N with tert-alkyl or cyclic N) is 1. The third kappa shape index (κ3) is 5.11. The number of benzene rings is 2. The lowest BCUT2D eigenvalue weighted by Gasteiger charge is -2.34. The van der Waals surface area contributed by atoms with Crippen molar-refractivity contribution < 1.29 is 5.11 Å². The molecular formula is C20H24N4OS. The van der Waals surface area contributed by atoms with E-state index in [2.05, 4.69) is 15.1 Å². The van der Waals surface area contributed by atoms with Gasteiger partial charge >= 0.3 is 0 Å². The van der Waals surface area contributed by atoms with E-state index in [-0.39, 0.29) is 6.61 Å². The Balaban J connectivity index is 1.75. The van der Waals surface area contributed by atoms with Crippen molar-refractivity contribution in [2.75, 3.05) is 44.6 Å². The van der Waals surface area contributed by atoms with Crippen LogP contribution in [0.5, 0.6) is 0 Å². The van der Waals surface area contributed by atoms with Gasteiger partial charge in [-0.25, -0.2) is 4.99 Å². The maximum Gasteiger partial charge on any atom is 0.197 e. The maximum absolute atomic E-state index is 9.07. The fourth-order valence-corrected chi connectivity index (χ4v) is 3.16. The molecule has 1 aliphatic rings. The smallest absolute Gasteiger partial charge is 0.197 e. The molecule has 2 aromatic rings. The third-order valence-corrected chi connectivity index (χ3v) is 4.70. The van der Waals surface area contributed by atoms with Crippen LogP contribution in [0.3, 0.4) is 0 Å². The summed E-state index contributed by atoms with van der Waals surface area (Å²) in [6, 6.07) is 20.0. The second-order valence-electron chi connectivity index (χ2n) is 6.15. The zero-order valence-corrected chi connectivity index (χ0v) is 15.5. The molecule has 0 amide bonds. The monoisotopic (exact) mass is 368 g/mol. The highest BCUT2D eigenvalue weighted by molar-refractivity contribution is 7.80. The van der Waals surface area contributed by atoms with Crippen LogP contribution < -0.4 is 5.32 Å². The Morgan fingerprint density at radius 3 is 2.19 bits per heavy atom. The molecule has 1 heterocycles. The number of nitrogens with zero attached hydrogens (tertiary/aromatic N) is 3. The van der Waals surface area contributed by atoms with E-state index in [0.717, 1.165) is 43.3 Å². The number of nitrogens with one attached hydrogen (secondary N) is 1. The molecular weight excluding hydrogens is 344 g/mol. The highest BCUT2D eigenvalue weighted by atomic mass is 32.1. The lowest BCUT2D eigenvalue weighted by Crippen LogP contribution is -2.48. The molecule has 0 saturated carbocycles. The van der Waals surface area contributed by atoms with Gasteiger partial charge in [0.2, 0.25) is 0 Å². The lowest BCUT2D eigenvalue weighted by atomic mass is 10.2. The van der Waals surface area contributed by atoms with Crippen molar-refractivity contribution in [3.05, 3.63) is 66.2 Å². The Hall–Kier alpha value is -2.28. The molecule has 136 valence electrons. The number of anilines is 1. The van der Waals surface area contributed by atoms with Crippen molar-refractivity contribution in [3.63, 3.8) is 0 Å². The van der Waals surface area contributed by atoms with Crippen LogP contribution in [0.2, 0.25) is 0 Å². The quantitative estimate of drug-likeness (QED) is 0.493. The average Bonchev–Trinajstić information content (AvgIpc) is 2.70. The molecule has 2 N–H and O–H groups in total. The first-order chi connectivity index (χ1) is 12.8. The van der Waals surface area contributed by atoms with Gasteiger partial charge in [-0.1, -0.05) is 48.5 Å². The molecule has 3 rings (SSSR count). The van der Waals surface area contributed by atoms with Gasteiger partial charge in [0.1, 0.15) is 5.84 Å². The number of para-hydroxylation sites is 1. The molecule has 0 unspecified atom stereocenters. The minimum absolute atomic E-state index is 0.196. The highest BCUT2D eigenvalue weighted by Gasteiger charge is 2.18. The fourth-order valence-electron chi connectivity index (χ4n) is 2.89. The first kappa shape index (κ1) is 18.5. The number of aliphatic hydroxyl groups excluding tert-OH is 1. The molecule has 5 nitrogen and oxygen atoms in total. The minimum Gasteiger partial charge on any atom is -0.395 e. The first-order valence-electron chi connectivity index (χ1n) is 8.84. The average molecular weight is 369 g/mol. The third-order valence-electron chi connectivity index (χ3n) is 4.35. The van der Waals surface area contributed by atoms with Crippen LogP contribution in [0, 0.1) is 0 Å². The normalized spacial score (nSPS) is 15.7. The van der Waals surface area contributed by atoms with E-state index in [9.17, 15) is 0 Å². The van der Waals surface area contributed by atoms with E-state index in [4.69, 9.17) is 22.3 Å². The summed E-state index contributed by atoms with van der Waals surface area (Å²) in [5.41, 5.74) is 1.98. The summed E-state index contributed by atoms with van der Waals surface area (Å²) < 4.78 is 0. The van der Waals surface area contributed by atoms with Crippen molar-refractivity contribution in [2.24, 2.45) is 4.99 Å². The van der Waals surface area contributed by atoms with E-state index in [1.54, 1.807) is 0 Å². The predicted molar refractivity (Wildman–Crippen MR) is 111 cm³/mol. The molecule has 1 fully saturated rings. The van der Waals surface area contributed by atoms with Crippen LogP contribution in [0.1, 0.15) is 5.56 Å². The Bertz CT molecular complexity index is 728. The van der Waals surface area contributed by atoms with Gasteiger partial charge < -0.3 is 15.3 Å². The molecule has 0 atom stereocenters. The number of piperazine rings is 1. The molecule has 0 bridgehead atoms. The maximum atomic E-state index is 9.07. The van der Waals surface area contributed by atoms with Crippen molar-refractivity contribution in [1.29, 1.82) is 0 Å². The number of hydrogen-bond acceptors (Lipinski definition) is 3. The SMILES string of the molecule is OCCN1CCN(C(=S)N=C(Nc2ccccc2)c2ccccc2)CC1. The number of rotatable bonds is 4. The van der Waals surface area contributed by atoms with Crippen molar-refractivity contribution in [1.82, 2.24) is 9.80 Å². The van der Waals surface area contributed by atoms with Gasteiger partial charge in [-0.2, -0.15) is 0 Å². The number of aliphatic imine (C=N–C) groups is 1. The second kappa shape index (κ2) is 9.43. The molecule has 0 radical (unpaired) electrons. The van der Waals surface area contributed by atoms with Gasteiger partial charge in [-0.3, -0.25) is 4.90 Å². The summed E-state index contributed by atoms with van der Waals surface area (Å²) in [6.07, 6.45) is 0. The summed E-state index contributed by atoms with van der Waals surface area (Å²) >= 11 is 5.60. The van der Waals surface area contributed by atoms with Crippen molar-refractivity contribution in [3.8, 4) is 0 Å². The summed E-state index contributed by atoms with van der Waals surface area (Å²) in [7, 11) is 0. The molecule has 0 aliphatic carbocycles. The molecule has 6 heteroatoms. The van der Waals surface area contributed by atoms with Crippen molar-refractivity contribution >= 4 is 28.9 Å². The van der Waals surface area contributed by atoms with Crippen LogP contribution in [-0.2, 0) is 0 Å². The summed E-state index contributed by atoms with van der Waals surface area (Å²) in [6.45, 7) is 4.36. The number of aliphatic hydroxyl groups is 1.